The second-order valence-electron chi connectivity index (χ2n) is 5.34. The number of carbonyl (C=O) groups excluding carboxylic acids is 1. The Morgan fingerprint density at radius 2 is 2.05 bits per heavy atom. The molecule has 1 aliphatic rings. The van der Waals surface area contributed by atoms with E-state index >= 15 is 0 Å². The second kappa shape index (κ2) is 4.90. The van der Waals surface area contributed by atoms with E-state index < -0.39 is 11.3 Å². The van der Waals surface area contributed by atoms with Gasteiger partial charge in [0.25, 0.3) is 5.91 Å². The third-order valence-electron chi connectivity index (χ3n) is 4.17. The molecule has 0 saturated carbocycles. The molecule has 1 atom stereocenters. The standard InChI is InChI=1S/C16H15N3OS/c17-9-16(10-4-2-1-3-5-10)7-6-11-12(8-16)21-15(19)13(11)14(18)20/h1-5H,6-8,19H2,(H2,18,20). The summed E-state index contributed by atoms with van der Waals surface area (Å²) in [5, 5.41) is 10.2. The largest absolute Gasteiger partial charge is 0.390 e. The topological polar surface area (TPSA) is 92.9 Å². The van der Waals surface area contributed by atoms with Crippen molar-refractivity contribution in [1.82, 2.24) is 0 Å². The SMILES string of the molecule is N#CC1(c2ccccc2)CCc2c(sc(N)c2C(N)=O)C1. The number of thiophene rings is 1. The fourth-order valence-electron chi connectivity index (χ4n) is 3.08. The number of primary amides is 1. The number of nitriles is 1. The summed E-state index contributed by atoms with van der Waals surface area (Å²) >= 11 is 1.38. The van der Waals surface area contributed by atoms with Crippen molar-refractivity contribution in [3.05, 3.63) is 51.9 Å². The Bertz CT molecular complexity index is 745. The number of carbonyl (C=O) groups is 1. The lowest BCUT2D eigenvalue weighted by Gasteiger charge is -2.31. The fraction of sp³-hybridized carbons (Fsp3) is 0.250. The minimum atomic E-state index is -0.541. The molecule has 0 radical (unpaired) electrons. The van der Waals surface area contributed by atoms with E-state index in [1.54, 1.807) is 0 Å². The number of amides is 1. The van der Waals surface area contributed by atoms with Gasteiger partial charge in [-0.25, -0.2) is 0 Å². The fourth-order valence-corrected chi connectivity index (χ4v) is 4.31. The first-order valence-corrected chi connectivity index (χ1v) is 7.55. The molecular weight excluding hydrogens is 282 g/mol. The van der Waals surface area contributed by atoms with Crippen LogP contribution in [0.15, 0.2) is 30.3 Å². The number of nitrogens with two attached hydrogens (primary N) is 2. The van der Waals surface area contributed by atoms with Crippen molar-refractivity contribution in [2.24, 2.45) is 5.73 Å². The number of nitrogens with zero attached hydrogens (tertiary/aromatic N) is 1. The summed E-state index contributed by atoms with van der Waals surface area (Å²) in [4.78, 5) is 12.6. The van der Waals surface area contributed by atoms with Gasteiger partial charge in [-0.3, -0.25) is 4.79 Å². The zero-order chi connectivity index (χ0) is 15.0. The smallest absolute Gasteiger partial charge is 0.251 e. The quantitative estimate of drug-likeness (QED) is 0.891. The van der Waals surface area contributed by atoms with Gasteiger partial charge in [0, 0.05) is 11.3 Å². The van der Waals surface area contributed by atoms with Crippen molar-refractivity contribution >= 4 is 22.2 Å². The van der Waals surface area contributed by atoms with Crippen LogP contribution in [0.1, 0.15) is 32.8 Å². The molecule has 0 spiro atoms. The van der Waals surface area contributed by atoms with Crippen molar-refractivity contribution in [2.45, 2.75) is 24.7 Å². The van der Waals surface area contributed by atoms with Crippen LogP contribution in [0, 0.1) is 11.3 Å². The number of rotatable bonds is 2. The molecule has 4 nitrogen and oxygen atoms in total. The Balaban J connectivity index is 2.07. The second-order valence-corrected chi connectivity index (χ2v) is 6.48. The number of benzene rings is 1. The molecule has 1 aromatic heterocycles. The molecule has 3 rings (SSSR count). The van der Waals surface area contributed by atoms with Gasteiger partial charge in [-0.05, 0) is 24.0 Å². The zero-order valence-corrected chi connectivity index (χ0v) is 12.2. The van der Waals surface area contributed by atoms with E-state index in [0.717, 1.165) is 16.0 Å². The Morgan fingerprint density at radius 1 is 1.33 bits per heavy atom. The van der Waals surface area contributed by atoms with Crippen molar-refractivity contribution in [3.63, 3.8) is 0 Å². The van der Waals surface area contributed by atoms with Gasteiger partial charge < -0.3 is 11.5 Å². The summed E-state index contributed by atoms with van der Waals surface area (Å²) in [5.41, 5.74) is 13.2. The minimum absolute atomic E-state index is 0.453. The Hall–Kier alpha value is -2.32. The first-order chi connectivity index (χ1) is 10.1. The lowest BCUT2D eigenvalue weighted by atomic mass is 9.70. The van der Waals surface area contributed by atoms with Crippen LogP contribution < -0.4 is 11.5 Å². The van der Waals surface area contributed by atoms with Crippen LogP contribution in [0.25, 0.3) is 0 Å². The highest BCUT2D eigenvalue weighted by Crippen LogP contribution is 2.44. The highest BCUT2D eigenvalue weighted by molar-refractivity contribution is 7.16. The molecule has 2 aromatic rings. The summed E-state index contributed by atoms with van der Waals surface area (Å²) in [6.45, 7) is 0. The summed E-state index contributed by atoms with van der Waals surface area (Å²) in [7, 11) is 0. The maximum atomic E-state index is 11.5. The molecule has 0 fully saturated rings. The molecule has 0 bridgehead atoms. The summed E-state index contributed by atoms with van der Waals surface area (Å²) in [6, 6.07) is 12.3. The van der Waals surface area contributed by atoms with Gasteiger partial charge in [-0.15, -0.1) is 11.3 Å². The van der Waals surface area contributed by atoms with Crippen LogP contribution in [0.2, 0.25) is 0 Å². The molecule has 1 amide bonds. The van der Waals surface area contributed by atoms with Gasteiger partial charge in [-0.2, -0.15) is 5.26 Å². The van der Waals surface area contributed by atoms with Gasteiger partial charge in [0.2, 0.25) is 0 Å². The Labute approximate surface area is 127 Å². The molecule has 1 aliphatic carbocycles. The predicted octanol–water partition coefficient (Wildman–Crippen LogP) is 2.38. The third-order valence-corrected chi connectivity index (χ3v) is 5.23. The zero-order valence-electron chi connectivity index (χ0n) is 11.4. The van der Waals surface area contributed by atoms with Gasteiger partial charge in [0.1, 0.15) is 0 Å². The average Bonchev–Trinajstić information content (AvgIpc) is 2.82. The Morgan fingerprint density at radius 3 is 2.67 bits per heavy atom. The predicted molar refractivity (Wildman–Crippen MR) is 83.0 cm³/mol. The molecule has 1 aromatic carbocycles. The van der Waals surface area contributed by atoms with E-state index in [1.165, 1.54) is 11.3 Å². The summed E-state index contributed by atoms with van der Waals surface area (Å²) in [6.07, 6.45) is 1.92. The van der Waals surface area contributed by atoms with Crippen molar-refractivity contribution in [1.29, 1.82) is 5.26 Å². The number of fused-ring (bicyclic) bond motifs is 1. The highest BCUT2D eigenvalue weighted by Gasteiger charge is 2.39. The highest BCUT2D eigenvalue weighted by atomic mass is 32.1. The van der Waals surface area contributed by atoms with Crippen LogP contribution in [0.3, 0.4) is 0 Å². The van der Waals surface area contributed by atoms with E-state index in [0.29, 0.717) is 29.8 Å². The molecule has 0 saturated heterocycles. The number of hydrogen-bond acceptors (Lipinski definition) is 4. The maximum absolute atomic E-state index is 11.5. The first kappa shape index (κ1) is 13.7. The van der Waals surface area contributed by atoms with Crippen LogP contribution in [0.4, 0.5) is 5.00 Å². The first-order valence-electron chi connectivity index (χ1n) is 6.74. The van der Waals surface area contributed by atoms with E-state index in [2.05, 4.69) is 6.07 Å². The van der Waals surface area contributed by atoms with Gasteiger partial charge >= 0.3 is 0 Å². The number of anilines is 1. The monoisotopic (exact) mass is 297 g/mol. The van der Waals surface area contributed by atoms with Gasteiger partial charge in [0.05, 0.1) is 22.0 Å². The van der Waals surface area contributed by atoms with Crippen LogP contribution in [-0.2, 0) is 18.3 Å². The lowest BCUT2D eigenvalue weighted by Crippen LogP contribution is -2.31. The van der Waals surface area contributed by atoms with Crippen molar-refractivity contribution < 1.29 is 4.79 Å². The molecule has 21 heavy (non-hydrogen) atoms. The van der Waals surface area contributed by atoms with Crippen LogP contribution in [0.5, 0.6) is 0 Å². The molecule has 106 valence electrons. The average molecular weight is 297 g/mol. The number of nitrogen functional groups attached to an aromatic ring is 1. The molecule has 4 N–H and O–H groups in total. The normalized spacial score (nSPS) is 20.5. The Kier molecular flexibility index (Phi) is 3.19. The van der Waals surface area contributed by atoms with Crippen molar-refractivity contribution in [2.75, 3.05) is 5.73 Å². The molecule has 0 aliphatic heterocycles. The summed E-state index contributed by atoms with van der Waals surface area (Å²) < 4.78 is 0. The maximum Gasteiger partial charge on any atom is 0.251 e. The minimum Gasteiger partial charge on any atom is -0.390 e. The molecule has 1 heterocycles. The van der Waals surface area contributed by atoms with Crippen LogP contribution >= 0.6 is 11.3 Å². The number of hydrogen-bond donors (Lipinski definition) is 2. The van der Waals surface area contributed by atoms with E-state index in [-0.39, 0.29) is 0 Å². The summed E-state index contributed by atoms with van der Waals surface area (Å²) in [5.74, 6) is -0.478. The van der Waals surface area contributed by atoms with E-state index in [1.807, 2.05) is 30.3 Å². The van der Waals surface area contributed by atoms with Crippen molar-refractivity contribution in [3.8, 4) is 6.07 Å². The van der Waals surface area contributed by atoms with E-state index in [4.69, 9.17) is 11.5 Å². The van der Waals surface area contributed by atoms with Crippen LogP contribution in [-0.4, -0.2) is 5.91 Å². The molecule has 1 unspecified atom stereocenters. The third kappa shape index (κ3) is 2.08. The van der Waals surface area contributed by atoms with E-state index in [9.17, 15) is 10.1 Å². The van der Waals surface area contributed by atoms with Gasteiger partial charge in [0.15, 0.2) is 0 Å². The molecule has 5 heteroatoms. The lowest BCUT2D eigenvalue weighted by molar-refractivity contribution is 0.100. The molecular formula is C16H15N3OS. The van der Waals surface area contributed by atoms with Gasteiger partial charge in [-0.1, -0.05) is 30.3 Å².